The summed E-state index contributed by atoms with van der Waals surface area (Å²) in [4.78, 5) is 0. The van der Waals surface area contributed by atoms with Crippen molar-refractivity contribution in [2.45, 2.75) is 30.9 Å². The molecule has 6 nitrogen and oxygen atoms in total. The Balaban J connectivity index is 2.30. The summed E-state index contributed by atoms with van der Waals surface area (Å²) < 4.78 is 31.2. The Bertz CT molecular complexity index is 323. The van der Waals surface area contributed by atoms with E-state index >= 15 is 0 Å². The molecule has 0 bridgehead atoms. The number of amidine groups is 1. The van der Waals surface area contributed by atoms with Gasteiger partial charge in [-0.25, -0.2) is 13.1 Å². The van der Waals surface area contributed by atoms with Gasteiger partial charge in [-0.15, -0.1) is 0 Å². The van der Waals surface area contributed by atoms with Gasteiger partial charge in [0.25, 0.3) is 0 Å². The molecule has 0 aromatic rings. The molecular weight excluding hydrogens is 230 g/mol. The van der Waals surface area contributed by atoms with Gasteiger partial charge >= 0.3 is 0 Å². The van der Waals surface area contributed by atoms with Crippen LogP contribution in [0.5, 0.6) is 0 Å². The Morgan fingerprint density at radius 3 is 2.62 bits per heavy atom. The third kappa shape index (κ3) is 4.46. The van der Waals surface area contributed by atoms with Crippen LogP contribution in [-0.4, -0.2) is 39.3 Å². The van der Waals surface area contributed by atoms with Crippen LogP contribution in [0.2, 0.25) is 0 Å². The molecule has 16 heavy (non-hydrogen) atoms. The maximum Gasteiger partial charge on any atom is 0.214 e. The van der Waals surface area contributed by atoms with Gasteiger partial charge in [-0.3, -0.25) is 5.41 Å². The van der Waals surface area contributed by atoms with E-state index < -0.39 is 10.0 Å². The van der Waals surface area contributed by atoms with E-state index in [0.717, 1.165) is 0 Å². The lowest BCUT2D eigenvalue weighted by molar-refractivity contribution is 0.0981. The van der Waals surface area contributed by atoms with Crippen molar-refractivity contribution in [3.8, 4) is 0 Å². The highest BCUT2D eigenvalue weighted by Gasteiger charge is 2.26. The number of ether oxygens (including phenoxy) is 1. The van der Waals surface area contributed by atoms with E-state index in [4.69, 9.17) is 15.9 Å². The van der Waals surface area contributed by atoms with Gasteiger partial charge in [0.15, 0.2) is 0 Å². The molecule has 0 radical (unpaired) electrons. The molecular formula is C9H19N3O3S. The van der Waals surface area contributed by atoms with Crippen molar-refractivity contribution < 1.29 is 13.2 Å². The van der Waals surface area contributed by atoms with Gasteiger partial charge in [-0.2, -0.15) is 0 Å². The van der Waals surface area contributed by atoms with E-state index in [1.807, 2.05) is 0 Å². The zero-order chi connectivity index (χ0) is 12.0. The van der Waals surface area contributed by atoms with Gasteiger partial charge in [0.05, 0.1) is 11.1 Å². The molecule has 4 N–H and O–H groups in total. The van der Waals surface area contributed by atoms with Crippen molar-refractivity contribution in [2.75, 3.05) is 19.8 Å². The zero-order valence-corrected chi connectivity index (χ0v) is 10.1. The topological polar surface area (TPSA) is 105 Å². The number of hydrogen-bond acceptors (Lipinski definition) is 4. The van der Waals surface area contributed by atoms with Crippen LogP contribution in [0.25, 0.3) is 0 Å². The van der Waals surface area contributed by atoms with E-state index in [0.29, 0.717) is 45.4 Å². The van der Waals surface area contributed by atoms with Crippen LogP contribution in [0.3, 0.4) is 0 Å². The molecule has 0 spiro atoms. The van der Waals surface area contributed by atoms with Crippen molar-refractivity contribution in [3.05, 3.63) is 0 Å². The second-order valence-electron chi connectivity index (χ2n) is 3.88. The SMILES string of the molecule is N=C(N)CCCNS(=O)(=O)C1CCOCC1. The highest BCUT2D eigenvalue weighted by molar-refractivity contribution is 7.90. The van der Waals surface area contributed by atoms with Crippen molar-refractivity contribution in [1.29, 1.82) is 5.41 Å². The minimum atomic E-state index is -3.22. The number of nitrogens with one attached hydrogen (secondary N) is 2. The summed E-state index contributed by atoms with van der Waals surface area (Å²) >= 11 is 0. The first kappa shape index (κ1) is 13.4. The van der Waals surface area contributed by atoms with Crippen molar-refractivity contribution in [1.82, 2.24) is 4.72 Å². The summed E-state index contributed by atoms with van der Waals surface area (Å²) in [6, 6.07) is 0. The molecule has 0 aromatic carbocycles. The van der Waals surface area contributed by atoms with E-state index in [1.54, 1.807) is 0 Å². The standard InChI is InChI=1S/C9H19N3O3S/c10-9(11)2-1-5-12-16(13,14)8-3-6-15-7-4-8/h8,12H,1-7H2,(H3,10,11). The molecule has 0 aromatic heterocycles. The van der Waals surface area contributed by atoms with E-state index in [9.17, 15) is 8.42 Å². The Morgan fingerprint density at radius 1 is 1.44 bits per heavy atom. The molecule has 0 saturated carbocycles. The van der Waals surface area contributed by atoms with E-state index in [1.165, 1.54) is 0 Å². The summed E-state index contributed by atoms with van der Waals surface area (Å²) in [6.45, 7) is 1.37. The maximum absolute atomic E-state index is 11.8. The molecule has 1 aliphatic heterocycles. The van der Waals surface area contributed by atoms with Crippen molar-refractivity contribution in [3.63, 3.8) is 0 Å². The van der Waals surface area contributed by atoms with Crippen LogP contribution in [0, 0.1) is 5.41 Å². The first-order valence-corrected chi connectivity index (χ1v) is 6.96. The number of nitrogens with two attached hydrogens (primary N) is 1. The molecule has 1 fully saturated rings. The highest BCUT2D eigenvalue weighted by Crippen LogP contribution is 2.14. The minimum Gasteiger partial charge on any atom is -0.388 e. The average Bonchev–Trinajstić information content (AvgIpc) is 2.26. The molecule has 1 heterocycles. The van der Waals surface area contributed by atoms with Crippen LogP contribution < -0.4 is 10.5 Å². The fourth-order valence-corrected chi connectivity index (χ4v) is 3.07. The molecule has 7 heteroatoms. The van der Waals surface area contributed by atoms with Crippen LogP contribution in [-0.2, 0) is 14.8 Å². The van der Waals surface area contributed by atoms with Crippen molar-refractivity contribution >= 4 is 15.9 Å². The predicted molar refractivity (Wildman–Crippen MR) is 61.9 cm³/mol. The molecule has 0 atom stereocenters. The largest absolute Gasteiger partial charge is 0.388 e. The van der Waals surface area contributed by atoms with Crippen LogP contribution >= 0.6 is 0 Å². The molecule has 1 saturated heterocycles. The molecule has 0 amide bonds. The lowest BCUT2D eigenvalue weighted by Gasteiger charge is -2.22. The Morgan fingerprint density at radius 2 is 2.06 bits per heavy atom. The van der Waals surface area contributed by atoms with Gasteiger partial charge in [0.2, 0.25) is 10.0 Å². The van der Waals surface area contributed by atoms with E-state index in [-0.39, 0.29) is 11.1 Å². The molecule has 94 valence electrons. The fraction of sp³-hybridized carbons (Fsp3) is 0.889. The third-order valence-corrected chi connectivity index (χ3v) is 4.49. The second kappa shape index (κ2) is 6.17. The summed E-state index contributed by atoms with van der Waals surface area (Å²) in [6.07, 6.45) is 2.11. The number of hydrogen-bond donors (Lipinski definition) is 3. The first-order valence-electron chi connectivity index (χ1n) is 5.41. The van der Waals surface area contributed by atoms with Gasteiger partial charge < -0.3 is 10.5 Å². The summed E-state index contributed by atoms with van der Waals surface area (Å²) in [5, 5.41) is 6.67. The minimum absolute atomic E-state index is 0.0882. The lowest BCUT2D eigenvalue weighted by atomic mass is 10.2. The molecule has 0 unspecified atom stereocenters. The Kier molecular flexibility index (Phi) is 5.17. The van der Waals surface area contributed by atoms with E-state index in [2.05, 4.69) is 4.72 Å². The quantitative estimate of drug-likeness (QED) is 0.344. The fourth-order valence-electron chi connectivity index (χ4n) is 1.60. The van der Waals surface area contributed by atoms with Gasteiger partial charge in [0.1, 0.15) is 0 Å². The number of rotatable bonds is 6. The Labute approximate surface area is 96.1 Å². The predicted octanol–water partition coefficient (Wildman–Crippen LogP) is -0.199. The summed E-state index contributed by atoms with van der Waals surface area (Å²) in [7, 11) is -3.22. The normalized spacial score (nSPS) is 18.5. The molecule has 0 aliphatic carbocycles. The van der Waals surface area contributed by atoms with Crippen molar-refractivity contribution in [2.24, 2.45) is 5.73 Å². The van der Waals surface area contributed by atoms with Gasteiger partial charge in [-0.1, -0.05) is 0 Å². The number of sulfonamides is 1. The van der Waals surface area contributed by atoms with Gasteiger partial charge in [0, 0.05) is 26.2 Å². The smallest absolute Gasteiger partial charge is 0.214 e. The lowest BCUT2D eigenvalue weighted by Crippen LogP contribution is -2.38. The maximum atomic E-state index is 11.8. The molecule has 1 rings (SSSR count). The monoisotopic (exact) mass is 249 g/mol. The van der Waals surface area contributed by atoms with Gasteiger partial charge in [-0.05, 0) is 19.3 Å². The zero-order valence-electron chi connectivity index (χ0n) is 9.24. The van der Waals surface area contributed by atoms with Crippen LogP contribution in [0.1, 0.15) is 25.7 Å². The summed E-state index contributed by atoms with van der Waals surface area (Å²) in [5.74, 6) is 0.0882. The average molecular weight is 249 g/mol. The first-order chi connectivity index (χ1) is 7.52. The second-order valence-corrected chi connectivity index (χ2v) is 5.93. The third-order valence-electron chi connectivity index (χ3n) is 2.53. The highest BCUT2D eigenvalue weighted by atomic mass is 32.2. The Hall–Kier alpha value is -0.660. The molecule has 1 aliphatic rings. The summed E-state index contributed by atoms with van der Waals surface area (Å²) in [5.41, 5.74) is 5.17. The van der Waals surface area contributed by atoms with Crippen LogP contribution in [0.4, 0.5) is 0 Å². The van der Waals surface area contributed by atoms with Crippen LogP contribution in [0.15, 0.2) is 0 Å².